The second-order valence-corrected chi connectivity index (χ2v) is 12.1. The van der Waals surface area contributed by atoms with Crippen LogP contribution < -0.4 is 14.4 Å². The predicted octanol–water partition coefficient (Wildman–Crippen LogP) is 4.01. The Morgan fingerprint density at radius 1 is 1.03 bits per heavy atom. The lowest BCUT2D eigenvalue weighted by molar-refractivity contribution is -0.00813. The molecule has 2 aromatic carbocycles. The first-order valence-corrected chi connectivity index (χ1v) is 14.4. The third-order valence-electron chi connectivity index (χ3n) is 6.14. The number of amides is 1. The molecule has 0 unspecified atom stereocenters. The van der Waals surface area contributed by atoms with Crippen molar-refractivity contribution in [2.45, 2.75) is 32.6 Å². The minimum Gasteiger partial charge on any atom is -0.465 e. The molecule has 1 N–H and O–H groups in total. The first kappa shape index (κ1) is 28.5. The lowest BCUT2D eigenvalue weighted by atomic mass is 9.94. The van der Waals surface area contributed by atoms with Gasteiger partial charge in [0.25, 0.3) is 5.91 Å². The molecule has 1 amide bonds. The minimum absolute atomic E-state index is 0.0799. The van der Waals surface area contributed by atoms with E-state index in [0.717, 1.165) is 28.8 Å². The molecule has 39 heavy (non-hydrogen) atoms. The molecule has 2 heterocycles. The number of aromatic nitrogens is 2. The number of sulfonamides is 1. The van der Waals surface area contributed by atoms with Gasteiger partial charge in [0, 0.05) is 48.3 Å². The number of carbonyl (C=O) groups excluding carboxylic acids is 1. The molecular weight excluding hydrogens is 520 g/mol. The summed E-state index contributed by atoms with van der Waals surface area (Å²) in [7, 11) is -2.03. The van der Waals surface area contributed by atoms with Gasteiger partial charge in [-0.15, -0.1) is 0 Å². The number of hydrogen-bond acceptors (Lipinski definition) is 8. The minimum atomic E-state index is -3.60. The molecule has 3 aromatic rings. The lowest BCUT2D eigenvalue weighted by Gasteiger charge is -2.29. The van der Waals surface area contributed by atoms with Crippen LogP contribution >= 0.6 is 0 Å². The summed E-state index contributed by atoms with van der Waals surface area (Å²) in [6.45, 7) is 7.31. The summed E-state index contributed by atoms with van der Waals surface area (Å²) < 4.78 is 42.3. The number of fused-ring (bicyclic) bond motifs is 1. The van der Waals surface area contributed by atoms with E-state index in [1.807, 2.05) is 30.6 Å². The zero-order valence-electron chi connectivity index (χ0n) is 22.9. The zero-order valence-corrected chi connectivity index (χ0v) is 23.7. The topological polar surface area (TPSA) is 120 Å². The molecule has 0 bridgehead atoms. The normalized spacial score (nSPS) is 13.8. The molecule has 1 aromatic heterocycles. The maximum Gasteiger partial charge on any atom is 0.258 e. The molecule has 4 rings (SSSR count). The van der Waals surface area contributed by atoms with Gasteiger partial charge in [-0.25, -0.2) is 18.4 Å². The van der Waals surface area contributed by atoms with Crippen molar-refractivity contribution >= 4 is 27.3 Å². The van der Waals surface area contributed by atoms with Gasteiger partial charge in [-0.2, -0.15) is 0 Å². The van der Waals surface area contributed by atoms with Crippen LogP contribution in [0.4, 0.5) is 11.4 Å². The molecule has 0 spiro atoms. The molecular formula is C28H34N4O6S. The fraction of sp³-hybridized carbons (Fsp3) is 0.393. The Balaban J connectivity index is 1.55. The summed E-state index contributed by atoms with van der Waals surface area (Å²) in [5.74, 6) is 0.898. The van der Waals surface area contributed by atoms with E-state index >= 15 is 0 Å². The number of nitrogens with zero attached hydrogens (tertiary/aromatic N) is 3. The van der Waals surface area contributed by atoms with Crippen LogP contribution in [-0.2, 0) is 31.3 Å². The van der Waals surface area contributed by atoms with Gasteiger partial charge in [0.05, 0.1) is 25.2 Å². The highest BCUT2D eigenvalue weighted by molar-refractivity contribution is 7.92. The van der Waals surface area contributed by atoms with Crippen molar-refractivity contribution in [2.24, 2.45) is 0 Å². The smallest absolute Gasteiger partial charge is 0.258 e. The average molecular weight is 555 g/mol. The van der Waals surface area contributed by atoms with Crippen LogP contribution in [0.15, 0.2) is 48.8 Å². The van der Waals surface area contributed by atoms with Gasteiger partial charge < -0.3 is 19.1 Å². The van der Waals surface area contributed by atoms with E-state index in [0.29, 0.717) is 37.4 Å². The number of methoxy groups -OCH3 is 1. The van der Waals surface area contributed by atoms with Crippen molar-refractivity contribution in [1.82, 2.24) is 9.97 Å². The van der Waals surface area contributed by atoms with E-state index < -0.39 is 10.0 Å². The second kappa shape index (κ2) is 11.7. The van der Waals surface area contributed by atoms with Crippen LogP contribution in [0, 0.1) is 0 Å². The lowest BCUT2D eigenvalue weighted by Crippen LogP contribution is -2.37. The highest BCUT2D eigenvalue weighted by Crippen LogP contribution is 2.34. The van der Waals surface area contributed by atoms with Crippen molar-refractivity contribution in [3.63, 3.8) is 0 Å². The summed E-state index contributed by atoms with van der Waals surface area (Å²) in [6.07, 6.45) is 5.32. The summed E-state index contributed by atoms with van der Waals surface area (Å²) in [5.41, 5.74) is 4.02. The highest BCUT2D eigenvalue weighted by atomic mass is 32.2. The number of rotatable bonds is 10. The Hall–Kier alpha value is -3.54. The van der Waals surface area contributed by atoms with Crippen molar-refractivity contribution in [2.75, 3.05) is 49.5 Å². The standard InChI is InChI=1S/C28H34N4O6S/c1-28(2,3)27-29-16-21(17-30-27)19-6-8-23-20(14-19)10-11-32(26(23)33)22-7-9-25(38-18-37-13-12-36-4)24(15-22)31-39(5,34)35/h6-9,14-17,31H,10-13,18H2,1-5H3. The SMILES string of the molecule is COCCOCOc1ccc(N2CCc3cc(-c4cnc(C(C)(C)C)nc4)ccc3C2=O)cc1NS(C)(=O)=O. The van der Waals surface area contributed by atoms with Gasteiger partial charge in [-0.05, 0) is 41.8 Å². The Bertz CT molecular complexity index is 1440. The summed E-state index contributed by atoms with van der Waals surface area (Å²) >= 11 is 0. The molecule has 0 atom stereocenters. The van der Waals surface area contributed by atoms with Crippen molar-refractivity contribution in [3.05, 3.63) is 65.7 Å². The number of anilines is 2. The molecule has 0 fully saturated rings. The predicted molar refractivity (Wildman–Crippen MR) is 150 cm³/mol. The Morgan fingerprint density at radius 2 is 1.77 bits per heavy atom. The van der Waals surface area contributed by atoms with Crippen LogP contribution in [0.1, 0.15) is 42.5 Å². The summed E-state index contributed by atoms with van der Waals surface area (Å²) in [5, 5.41) is 0. The monoisotopic (exact) mass is 554 g/mol. The molecule has 0 saturated heterocycles. The maximum absolute atomic E-state index is 13.5. The molecule has 1 aliphatic heterocycles. The largest absolute Gasteiger partial charge is 0.465 e. The summed E-state index contributed by atoms with van der Waals surface area (Å²) in [6, 6.07) is 10.7. The van der Waals surface area contributed by atoms with Gasteiger partial charge in [0.1, 0.15) is 11.6 Å². The molecule has 11 heteroatoms. The number of carbonyl (C=O) groups is 1. The number of nitrogens with one attached hydrogen (secondary N) is 1. The zero-order chi connectivity index (χ0) is 28.2. The van der Waals surface area contributed by atoms with Gasteiger partial charge in [-0.3, -0.25) is 9.52 Å². The molecule has 1 aliphatic rings. The third-order valence-corrected chi connectivity index (χ3v) is 6.73. The molecule has 0 saturated carbocycles. The van der Waals surface area contributed by atoms with Crippen molar-refractivity contribution in [3.8, 4) is 16.9 Å². The quantitative estimate of drug-likeness (QED) is 0.295. The first-order valence-electron chi connectivity index (χ1n) is 12.6. The Kier molecular flexibility index (Phi) is 8.53. The van der Waals surface area contributed by atoms with E-state index in [1.165, 1.54) is 0 Å². The second-order valence-electron chi connectivity index (χ2n) is 10.3. The van der Waals surface area contributed by atoms with Gasteiger partial charge in [-0.1, -0.05) is 32.9 Å². The summed E-state index contributed by atoms with van der Waals surface area (Å²) in [4.78, 5) is 24.1. The number of hydrogen-bond donors (Lipinski definition) is 1. The average Bonchev–Trinajstić information content (AvgIpc) is 2.88. The molecule has 208 valence electrons. The van der Waals surface area contributed by atoms with E-state index in [9.17, 15) is 13.2 Å². The van der Waals surface area contributed by atoms with E-state index in [1.54, 1.807) is 30.2 Å². The van der Waals surface area contributed by atoms with Crippen molar-refractivity contribution < 1.29 is 27.4 Å². The third kappa shape index (κ3) is 7.11. The van der Waals surface area contributed by atoms with Crippen molar-refractivity contribution in [1.29, 1.82) is 0 Å². The first-order chi connectivity index (χ1) is 18.5. The number of benzene rings is 2. The van der Waals surface area contributed by atoms with E-state index in [4.69, 9.17) is 14.2 Å². The Labute approximate surface area is 229 Å². The van der Waals surface area contributed by atoms with Crippen LogP contribution in [0.2, 0.25) is 0 Å². The fourth-order valence-corrected chi connectivity index (χ4v) is 4.74. The Morgan fingerprint density at radius 3 is 2.44 bits per heavy atom. The van der Waals surface area contributed by atoms with Gasteiger partial charge >= 0.3 is 0 Å². The van der Waals surface area contributed by atoms with Crippen LogP contribution in [0.5, 0.6) is 5.75 Å². The number of ether oxygens (including phenoxy) is 3. The van der Waals surface area contributed by atoms with Gasteiger partial charge in [0.2, 0.25) is 10.0 Å². The highest BCUT2D eigenvalue weighted by Gasteiger charge is 2.27. The molecule has 0 aliphatic carbocycles. The van der Waals surface area contributed by atoms with Crippen LogP contribution in [0.25, 0.3) is 11.1 Å². The molecule has 10 nitrogen and oxygen atoms in total. The van der Waals surface area contributed by atoms with E-state index in [2.05, 4.69) is 35.5 Å². The van der Waals surface area contributed by atoms with Crippen LogP contribution in [-0.4, -0.2) is 64.2 Å². The molecule has 0 radical (unpaired) electrons. The van der Waals surface area contributed by atoms with E-state index in [-0.39, 0.29) is 29.6 Å². The van der Waals surface area contributed by atoms with Gasteiger partial charge in [0.15, 0.2) is 6.79 Å². The maximum atomic E-state index is 13.5. The van der Waals surface area contributed by atoms with Crippen LogP contribution in [0.3, 0.4) is 0 Å². The fourth-order valence-electron chi connectivity index (χ4n) is 4.18.